The lowest BCUT2D eigenvalue weighted by atomic mass is 10.1. The van der Waals surface area contributed by atoms with Gasteiger partial charge in [0.05, 0.1) is 12.1 Å². The number of benzene rings is 1. The number of pyridine rings is 1. The zero-order chi connectivity index (χ0) is 16.2. The highest BCUT2D eigenvalue weighted by molar-refractivity contribution is 6.29. The normalized spacial score (nSPS) is 11.3. The number of carbonyl (C=O) groups is 1. The molecule has 0 spiro atoms. The van der Waals surface area contributed by atoms with Crippen LogP contribution in [-0.2, 0) is 17.5 Å². The molecule has 0 saturated heterocycles. The van der Waals surface area contributed by atoms with Crippen molar-refractivity contribution in [3.05, 3.63) is 59.9 Å². The third-order valence-electron chi connectivity index (χ3n) is 2.96. The van der Waals surface area contributed by atoms with E-state index in [0.717, 1.165) is 12.1 Å². The monoisotopic (exact) mass is 328 g/mol. The molecule has 116 valence electrons. The number of anilines is 1. The molecule has 0 unspecified atom stereocenters. The van der Waals surface area contributed by atoms with Crippen molar-refractivity contribution in [1.29, 1.82) is 0 Å². The fourth-order valence-corrected chi connectivity index (χ4v) is 2.06. The predicted molar refractivity (Wildman–Crippen MR) is 77.6 cm³/mol. The first-order valence-corrected chi connectivity index (χ1v) is 6.88. The second-order valence-electron chi connectivity index (χ2n) is 4.52. The maximum atomic E-state index is 12.8. The van der Waals surface area contributed by atoms with Gasteiger partial charge in [-0.15, -0.1) is 11.6 Å². The van der Waals surface area contributed by atoms with E-state index in [9.17, 15) is 18.0 Å². The summed E-state index contributed by atoms with van der Waals surface area (Å²) >= 11 is 5.56. The highest BCUT2D eigenvalue weighted by atomic mass is 35.5. The average Bonchev–Trinajstić information content (AvgIpc) is 2.52. The molecule has 1 heterocycles. The SMILES string of the molecule is O=C(CCl)N(Cc1cccnc1)c1cccc(C(F)(F)F)c1. The van der Waals surface area contributed by atoms with Crippen LogP contribution in [0, 0.1) is 0 Å². The Kier molecular flexibility index (Phi) is 5.03. The van der Waals surface area contributed by atoms with Crippen molar-refractivity contribution >= 4 is 23.2 Å². The summed E-state index contributed by atoms with van der Waals surface area (Å²) in [6.45, 7) is 0.0979. The number of nitrogens with zero attached hydrogens (tertiary/aromatic N) is 2. The van der Waals surface area contributed by atoms with Crippen LogP contribution < -0.4 is 4.90 Å². The van der Waals surface area contributed by atoms with E-state index >= 15 is 0 Å². The standard InChI is InChI=1S/C15H12ClF3N2O/c16-8-14(22)21(10-11-3-2-6-20-9-11)13-5-1-4-12(7-13)15(17,18)19/h1-7,9H,8,10H2. The Bertz CT molecular complexity index is 647. The van der Waals surface area contributed by atoms with Crippen LogP contribution in [0.3, 0.4) is 0 Å². The molecule has 0 bridgehead atoms. The number of aromatic nitrogens is 1. The summed E-state index contributed by atoms with van der Waals surface area (Å²) in [4.78, 5) is 17.1. The van der Waals surface area contributed by atoms with Gasteiger partial charge < -0.3 is 4.90 Å². The van der Waals surface area contributed by atoms with Gasteiger partial charge in [0, 0.05) is 18.1 Å². The van der Waals surface area contributed by atoms with Gasteiger partial charge >= 0.3 is 6.18 Å². The second kappa shape index (κ2) is 6.79. The number of alkyl halides is 4. The number of hydrogen-bond acceptors (Lipinski definition) is 2. The number of rotatable bonds is 4. The van der Waals surface area contributed by atoms with Crippen LogP contribution in [0.15, 0.2) is 48.8 Å². The van der Waals surface area contributed by atoms with Crippen molar-refractivity contribution in [1.82, 2.24) is 4.98 Å². The molecule has 2 aromatic rings. The molecule has 0 aliphatic heterocycles. The summed E-state index contributed by atoms with van der Waals surface area (Å²) in [6.07, 6.45) is -1.36. The van der Waals surface area contributed by atoms with Gasteiger partial charge in [0.1, 0.15) is 5.88 Å². The Labute approximate surface area is 130 Å². The van der Waals surface area contributed by atoms with Crippen LogP contribution in [-0.4, -0.2) is 16.8 Å². The van der Waals surface area contributed by atoms with Gasteiger partial charge in [-0.3, -0.25) is 9.78 Å². The maximum absolute atomic E-state index is 12.8. The first kappa shape index (κ1) is 16.3. The van der Waals surface area contributed by atoms with Crippen LogP contribution in [0.4, 0.5) is 18.9 Å². The van der Waals surface area contributed by atoms with Gasteiger partial charge in [-0.25, -0.2) is 0 Å². The van der Waals surface area contributed by atoms with E-state index in [1.54, 1.807) is 24.5 Å². The summed E-state index contributed by atoms with van der Waals surface area (Å²) in [6, 6.07) is 8.00. The van der Waals surface area contributed by atoms with E-state index in [1.165, 1.54) is 17.0 Å². The smallest absolute Gasteiger partial charge is 0.307 e. The molecular formula is C15H12ClF3N2O. The first-order valence-electron chi connectivity index (χ1n) is 6.34. The molecule has 7 heteroatoms. The Balaban J connectivity index is 2.36. The number of carbonyl (C=O) groups excluding carboxylic acids is 1. The van der Waals surface area contributed by atoms with Crippen molar-refractivity contribution < 1.29 is 18.0 Å². The third kappa shape index (κ3) is 3.98. The zero-order valence-corrected chi connectivity index (χ0v) is 12.1. The van der Waals surface area contributed by atoms with E-state index in [0.29, 0.717) is 5.56 Å². The van der Waals surface area contributed by atoms with Crippen molar-refractivity contribution in [3.8, 4) is 0 Å². The molecule has 0 aliphatic rings. The van der Waals surface area contributed by atoms with Gasteiger partial charge in [-0.2, -0.15) is 13.2 Å². The molecule has 0 N–H and O–H groups in total. The number of amides is 1. The Morgan fingerprint density at radius 3 is 2.59 bits per heavy atom. The minimum atomic E-state index is -4.47. The highest BCUT2D eigenvalue weighted by Crippen LogP contribution is 2.32. The predicted octanol–water partition coefficient (Wildman–Crippen LogP) is 3.87. The van der Waals surface area contributed by atoms with Gasteiger partial charge in [0.2, 0.25) is 5.91 Å². The molecule has 3 nitrogen and oxygen atoms in total. The van der Waals surface area contributed by atoms with E-state index in [4.69, 9.17) is 11.6 Å². The molecule has 0 aliphatic carbocycles. The lowest BCUT2D eigenvalue weighted by Crippen LogP contribution is -2.31. The van der Waals surface area contributed by atoms with E-state index in [-0.39, 0.29) is 18.1 Å². The largest absolute Gasteiger partial charge is 0.416 e. The lowest BCUT2D eigenvalue weighted by molar-refractivity contribution is -0.137. The molecular weight excluding hydrogens is 317 g/mol. The minimum Gasteiger partial charge on any atom is -0.307 e. The van der Waals surface area contributed by atoms with Crippen molar-refractivity contribution in [3.63, 3.8) is 0 Å². The molecule has 1 amide bonds. The van der Waals surface area contributed by atoms with Crippen molar-refractivity contribution in [2.45, 2.75) is 12.7 Å². The topological polar surface area (TPSA) is 33.2 Å². The van der Waals surface area contributed by atoms with Crippen LogP contribution in [0.2, 0.25) is 0 Å². The molecule has 0 radical (unpaired) electrons. The minimum absolute atomic E-state index is 0.0979. The van der Waals surface area contributed by atoms with Crippen LogP contribution in [0.5, 0.6) is 0 Å². The third-order valence-corrected chi connectivity index (χ3v) is 3.19. The molecule has 0 atom stereocenters. The summed E-state index contributed by atoms with van der Waals surface area (Å²) < 4.78 is 38.4. The van der Waals surface area contributed by atoms with Gasteiger partial charge in [0.15, 0.2) is 0 Å². The molecule has 1 aromatic heterocycles. The summed E-state index contributed by atoms with van der Waals surface area (Å²) in [7, 11) is 0. The van der Waals surface area contributed by atoms with Crippen LogP contribution >= 0.6 is 11.6 Å². The summed E-state index contributed by atoms with van der Waals surface area (Å²) in [5, 5.41) is 0. The number of hydrogen-bond donors (Lipinski definition) is 0. The molecule has 1 aromatic carbocycles. The summed E-state index contributed by atoms with van der Waals surface area (Å²) in [5.74, 6) is -0.805. The van der Waals surface area contributed by atoms with Crippen LogP contribution in [0.1, 0.15) is 11.1 Å². The van der Waals surface area contributed by atoms with Crippen molar-refractivity contribution in [2.75, 3.05) is 10.8 Å². The Morgan fingerprint density at radius 1 is 1.23 bits per heavy atom. The molecule has 0 fully saturated rings. The fourth-order valence-electron chi connectivity index (χ4n) is 1.92. The van der Waals surface area contributed by atoms with Gasteiger partial charge in [0.25, 0.3) is 0 Å². The quantitative estimate of drug-likeness (QED) is 0.798. The average molecular weight is 329 g/mol. The van der Waals surface area contributed by atoms with Gasteiger partial charge in [-0.1, -0.05) is 12.1 Å². The lowest BCUT2D eigenvalue weighted by Gasteiger charge is -2.23. The Hall–Kier alpha value is -2.08. The molecule has 22 heavy (non-hydrogen) atoms. The van der Waals surface area contributed by atoms with E-state index < -0.39 is 17.6 Å². The van der Waals surface area contributed by atoms with Crippen molar-refractivity contribution in [2.24, 2.45) is 0 Å². The Morgan fingerprint density at radius 2 is 2.00 bits per heavy atom. The fraction of sp³-hybridized carbons (Fsp3) is 0.200. The summed E-state index contributed by atoms with van der Waals surface area (Å²) in [5.41, 5.74) is 0.0197. The molecule has 0 saturated carbocycles. The molecule has 2 rings (SSSR count). The second-order valence-corrected chi connectivity index (χ2v) is 4.79. The van der Waals surface area contributed by atoms with E-state index in [2.05, 4.69) is 4.98 Å². The first-order chi connectivity index (χ1) is 10.4. The zero-order valence-electron chi connectivity index (χ0n) is 11.3. The maximum Gasteiger partial charge on any atom is 0.416 e. The van der Waals surface area contributed by atoms with E-state index in [1.807, 2.05) is 0 Å². The number of halogens is 4. The highest BCUT2D eigenvalue weighted by Gasteiger charge is 2.31. The van der Waals surface area contributed by atoms with Gasteiger partial charge in [-0.05, 0) is 29.8 Å². The van der Waals surface area contributed by atoms with Crippen LogP contribution in [0.25, 0.3) is 0 Å².